The quantitative estimate of drug-likeness (QED) is 0.685. The number of nitrogens with zero attached hydrogens (tertiary/aromatic N) is 3. The van der Waals surface area contributed by atoms with Gasteiger partial charge in [0.2, 0.25) is 11.9 Å². The van der Waals surface area contributed by atoms with Crippen molar-refractivity contribution in [2.45, 2.75) is 45.3 Å². The van der Waals surface area contributed by atoms with Gasteiger partial charge in [0.15, 0.2) is 0 Å². The van der Waals surface area contributed by atoms with E-state index in [1.165, 1.54) is 0 Å². The molecule has 0 bridgehead atoms. The molecule has 2 atom stereocenters. The van der Waals surface area contributed by atoms with Crippen LogP contribution in [0.3, 0.4) is 0 Å². The molecule has 0 aliphatic carbocycles. The van der Waals surface area contributed by atoms with E-state index in [2.05, 4.69) is 5.32 Å². The van der Waals surface area contributed by atoms with E-state index in [4.69, 9.17) is 9.72 Å². The summed E-state index contributed by atoms with van der Waals surface area (Å²) in [6.45, 7) is 5.14. The number of hydrogen-bond acceptors (Lipinski definition) is 4. The second kappa shape index (κ2) is 7.81. The fourth-order valence-corrected chi connectivity index (χ4v) is 4.51. The van der Waals surface area contributed by atoms with Crippen LogP contribution in [0.5, 0.6) is 0 Å². The molecule has 3 heterocycles. The van der Waals surface area contributed by atoms with Crippen molar-refractivity contribution in [3.63, 3.8) is 0 Å². The van der Waals surface area contributed by atoms with Gasteiger partial charge in [0.05, 0.1) is 30.1 Å². The van der Waals surface area contributed by atoms with Crippen molar-refractivity contribution in [2.24, 2.45) is 0 Å². The Morgan fingerprint density at radius 2 is 2.06 bits per heavy atom. The Morgan fingerprint density at radius 3 is 2.87 bits per heavy atom. The SMILES string of the molecule is Cc1ccc(C)c(NC(=O)C[C@H]2C(=O)N(C[C@@H]3CCCO3)c3nc4ccccc4n32)c1. The van der Waals surface area contributed by atoms with Crippen molar-refractivity contribution in [1.82, 2.24) is 9.55 Å². The van der Waals surface area contributed by atoms with Crippen LogP contribution in [0.15, 0.2) is 42.5 Å². The van der Waals surface area contributed by atoms with Gasteiger partial charge in [-0.25, -0.2) is 4.98 Å². The third-order valence-corrected chi connectivity index (χ3v) is 6.14. The highest BCUT2D eigenvalue weighted by atomic mass is 16.5. The molecule has 31 heavy (non-hydrogen) atoms. The zero-order chi connectivity index (χ0) is 21.5. The van der Waals surface area contributed by atoms with E-state index in [0.717, 1.165) is 47.3 Å². The maximum atomic E-state index is 13.4. The van der Waals surface area contributed by atoms with Gasteiger partial charge in [-0.1, -0.05) is 24.3 Å². The van der Waals surface area contributed by atoms with E-state index in [1.807, 2.05) is 60.9 Å². The van der Waals surface area contributed by atoms with E-state index in [-0.39, 0.29) is 24.3 Å². The summed E-state index contributed by atoms with van der Waals surface area (Å²) in [7, 11) is 0. The maximum absolute atomic E-state index is 13.4. The first-order valence-corrected chi connectivity index (χ1v) is 10.8. The molecule has 7 heteroatoms. The fourth-order valence-electron chi connectivity index (χ4n) is 4.51. The summed E-state index contributed by atoms with van der Waals surface area (Å²) in [5.74, 6) is 0.320. The molecule has 160 valence electrons. The molecule has 2 aliphatic heterocycles. The Morgan fingerprint density at radius 1 is 1.23 bits per heavy atom. The van der Waals surface area contributed by atoms with Crippen LogP contribution < -0.4 is 10.2 Å². The molecule has 7 nitrogen and oxygen atoms in total. The van der Waals surface area contributed by atoms with Crippen molar-refractivity contribution >= 4 is 34.5 Å². The van der Waals surface area contributed by atoms with Crippen molar-refractivity contribution in [3.8, 4) is 0 Å². The number of carbonyl (C=O) groups is 2. The number of aryl methyl sites for hydroxylation is 2. The zero-order valence-electron chi connectivity index (χ0n) is 17.8. The molecular formula is C24H26N4O3. The Labute approximate surface area is 181 Å². The summed E-state index contributed by atoms with van der Waals surface area (Å²) >= 11 is 0. The van der Waals surface area contributed by atoms with Gasteiger partial charge in [0.1, 0.15) is 6.04 Å². The minimum absolute atomic E-state index is 0.0136. The highest BCUT2D eigenvalue weighted by Gasteiger charge is 2.42. The maximum Gasteiger partial charge on any atom is 0.253 e. The fraction of sp³-hybridized carbons (Fsp3) is 0.375. The third kappa shape index (κ3) is 3.59. The molecule has 0 unspecified atom stereocenters. The number of nitrogens with one attached hydrogen (secondary N) is 1. The van der Waals surface area contributed by atoms with Crippen LogP contribution >= 0.6 is 0 Å². The number of carbonyl (C=O) groups excluding carboxylic acids is 2. The van der Waals surface area contributed by atoms with Crippen molar-refractivity contribution in [1.29, 1.82) is 0 Å². The minimum atomic E-state index is -0.617. The highest BCUT2D eigenvalue weighted by molar-refractivity contribution is 6.05. The largest absolute Gasteiger partial charge is 0.376 e. The summed E-state index contributed by atoms with van der Waals surface area (Å²) in [6.07, 6.45) is 2.01. The minimum Gasteiger partial charge on any atom is -0.376 e. The number of aromatic nitrogens is 2. The van der Waals surface area contributed by atoms with E-state index in [0.29, 0.717) is 12.5 Å². The standard InChI is InChI=1S/C24H26N4O3/c1-15-9-10-16(2)19(12-15)25-22(29)13-21-23(30)27(14-17-6-5-11-31-17)24-26-18-7-3-4-8-20(18)28(21)24/h3-4,7-10,12,17,21H,5-6,11,13-14H2,1-2H3,(H,25,29)/t17-,21-/m0/s1. The van der Waals surface area contributed by atoms with Crippen LogP contribution in [0.4, 0.5) is 11.6 Å². The first kappa shape index (κ1) is 19.8. The first-order valence-electron chi connectivity index (χ1n) is 10.8. The topological polar surface area (TPSA) is 76.5 Å². The molecule has 0 saturated carbocycles. The van der Waals surface area contributed by atoms with E-state index < -0.39 is 6.04 Å². The number of imidazole rings is 1. The monoisotopic (exact) mass is 418 g/mol. The summed E-state index contributed by atoms with van der Waals surface area (Å²) in [6, 6.07) is 13.1. The molecule has 1 fully saturated rings. The Bertz CT molecular complexity index is 1160. The molecule has 3 aromatic rings. The molecule has 5 rings (SSSR count). The zero-order valence-corrected chi connectivity index (χ0v) is 17.8. The van der Waals surface area contributed by atoms with Crippen LogP contribution in [0.2, 0.25) is 0 Å². The molecule has 1 saturated heterocycles. The van der Waals surface area contributed by atoms with Gasteiger partial charge >= 0.3 is 0 Å². The second-order valence-electron chi connectivity index (χ2n) is 8.44. The number of para-hydroxylation sites is 2. The van der Waals surface area contributed by atoms with Crippen molar-refractivity contribution in [2.75, 3.05) is 23.4 Å². The molecule has 1 aromatic heterocycles. The lowest BCUT2D eigenvalue weighted by atomic mass is 10.1. The smallest absolute Gasteiger partial charge is 0.253 e. The number of rotatable bonds is 5. The average molecular weight is 418 g/mol. The van der Waals surface area contributed by atoms with Gasteiger partial charge in [-0.2, -0.15) is 0 Å². The molecule has 2 amide bonds. The Hall–Kier alpha value is -3.19. The van der Waals surface area contributed by atoms with Crippen LogP contribution in [0.1, 0.15) is 36.4 Å². The number of amides is 2. The Kier molecular flexibility index (Phi) is 4.98. The normalized spacial score (nSPS) is 20.5. The van der Waals surface area contributed by atoms with Gasteiger partial charge in [-0.3, -0.25) is 19.1 Å². The summed E-state index contributed by atoms with van der Waals surface area (Å²) in [5, 5.41) is 2.99. The molecular weight excluding hydrogens is 392 g/mol. The molecule has 2 aromatic carbocycles. The van der Waals surface area contributed by atoms with Crippen LogP contribution in [0, 0.1) is 13.8 Å². The molecule has 0 radical (unpaired) electrons. The lowest BCUT2D eigenvalue weighted by molar-refractivity contribution is -0.124. The predicted octanol–water partition coefficient (Wildman–Crippen LogP) is 3.75. The summed E-state index contributed by atoms with van der Waals surface area (Å²) < 4.78 is 7.67. The Balaban J connectivity index is 1.44. The van der Waals surface area contributed by atoms with Crippen molar-refractivity contribution < 1.29 is 14.3 Å². The van der Waals surface area contributed by atoms with Crippen LogP contribution in [0.25, 0.3) is 11.0 Å². The molecule has 2 aliphatic rings. The number of anilines is 2. The second-order valence-corrected chi connectivity index (χ2v) is 8.44. The number of benzene rings is 2. The molecule has 0 spiro atoms. The average Bonchev–Trinajstić information content (AvgIpc) is 3.44. The van der Waals surface area contributed by atoms with Gasteiger partial charge in [-0.15, -0.1) is 0 Å². The lowest BCUT2D eigenvalue weighted by Gasteiger charge is -2.19. The van der Waals surface area contributed by atoms with E-state index in [9.17, 15) is 9.59 Å². The van der Waals surface area contributed by atoms with Crippen LogP contribution in [-0.4, -0.2) is 40.6 Å². The lowest BCUT2D eigenvalue weighted by Crippen LogP contribution is -2.37. The number of ether oxygens (including phenoxy) is 1. The van der Waals surface area contributed by atoms with E-state index in [1.54, 1.807) is 4.90 Å². The van der Waals surface area contributed by atoms with Crippen molar-refractivity contribution in [3.05, 3.63) is 53.6 Å². The third-order valence-electron chi connectivity index (χ3n) is 6.14. The summed E-state index contributed by atoms with van der Waals surface area (Å²) in [5.41, 5.74) is 4.53. The number of fused-ring (bicyclic) bond motifs is 3. The summed E-state index contributed by atoms with van der Waals surface area (Å²) in [4.78, 5) is 32.8. The predicted molar refractivity (Wildman–Crippen MR) is 119 cm³/mol. The van der Waals surface area contributed by atoms with Gasteiger partial charge in [-0.05, 0) is 56.0 Å². The van der Waals surface area contributed by atoms with E-state index >= 15 is 0 Å². The first-order chi connectivity index (χ1) is 15.0. The van der Waals surface area contributed by atoms with Gasteiger partial charge < -0.3 is 10.1 Å². The highest BCUT2D eigenvalue weighted by Crippen LogP contribution is 2.37. The number of hydrogen-bond donors (Lipinski definition) is 1. The van der Waals surface area contributed by atoms with Crippen LogP contribution in [-0.2, 0) is 14.3 Å². The van der Waals surface area contributed by atoms with Gasteiger partial charge in [0.25, 0.3) is 5.91 Å². The van der Waals surface area contributed by atoms with Gasteiger partial charge in [0, 0.05) is 12.3 Å². The molecule has 1 N–H and O–H groups in total.